The zero-order chi connectivity index (χ0) is 12.3. The van der Waals surface area contributed by atoms with Crippen LogP contribution in [0.5, 0.6) is 5.75 Å². The molecule has 2 N–H and O–H groups in total. The minimum absolute atomic E-state index is 0.787. The maximum absolute atomic E-state index is 5.97. The summed E-state index contributed by atoms with van der Waals surface area (Å²) in [6.07, 6.45) is 0.883. The monoisotopic (exact) mass is 227 g/mol. The number of benzene rings is 2. The third kappa shape index (κ3) is 2.59. The van der Waals surface area contributed by atoms with E-state index in [0.717, 1.165) is 23.4 Å². The van der Waals surface area contributed by atoms with Crippen LogP contribution in [0.3, 0.4) is 0 Å². The van der Waals surface area contributed by atoms with E-state index in [1.807, 2.05) is 31.2 Å². The van der Waals surface area contributed by atoms with E-state index in [4.69, 9.17) is 10.5 Å². The highest BCUT2D eigenvalue weighted by molar-refractivity contribution is 5.55. The molecule has 17 heavy (non-hydrogen) atoms. The molecule has 2 nitrogen and oxygen atoms in total. The second-order valence-electron chi connectivity index (χ2n) is 4.16. The topological polar surface area (TPSA) is 35.2 Å². The van der Waals surface area contributed by atoms with Crippen molar-refractivity contribution in [3.63, 3.8) is 0 Å². The molecule has 0 saturated carbocycles. The molecule has 2 aromatic rings. The van der Waals surface area contributed by atoms with Gasteiger partial charge in [-0.15, -0.1) is 0 Å². The number of anilines is 1. The summed E-state index contributed by atoms with van der Waals surface area (Å²) >= 11 is 0. The van der Waals surface area contributed by atoms with E-state index in [-0.39, 0.29) is 0 Å². The summed E-state index contributed by atoms with van der Waals surface area (Å²) in [6.45, 7) is 2.05. The third-order valence-electron chi connectivity index (χ3n) is 3.00. The first kappa shape index (κ1) is 11.5. The van der Waals surface area contributed by atoms with Crippen molar-refractivity contribution in [2.45, 2.75) is 13.3 Å². The minimum atomic E-state index is 0.787. The lowest BCUT2D eigenvalue weighted by atomic mass is 9.99. The molecule has 88 valence electrons. The predicted octanol–water partition coefficient (Wildman–Crippen LogP) is 3.18. The molecular weight excluding hydrogens is 210 g/mol. The SMILES string of the molecule is COc1cc(N)c(C)c(Cc2ccccc2)c1. The Morgan fingerprint density at radius 1 is 1.12 bits per heavy atom. The van der Waals surface area contributed by atoms with Crippen LogP contribution in [0.2, 0.25) is 0 Å². The number of hydrogen-bond donors (Lipinski definition) is 1. The quantitative estimate of drug-likeness (QED) is 0.817. The molecule has 0 aliphatic rings. The first-order valence-corrected chi connectivity index (χ1v) is 5.67. The number of hydrogen-bond acceptors (Lipinski definition) is 2. The van der Waals surface area contributed by atoms with E-state index in [1.165, 1.54) is 11.1 Å². The van der Waals surface area contributed by atoms with Gasteiger partial charge in [0.25, 0.3) is 0 Å². The summed E-state index contributed by atoms with van der Waals surface area (Å²) in [7, 11) is 1.66. The fourth-order valence-corrected chi connectivity index (χ4v) is 1.89. The number of nitrogens with two attached hydrogens (primary N) is 1. The van der Waals surface area contributed by atoms with Crippen molar-refractivity contribution in [2.24, 2.45) is 0 Å². The fourth-order valence-electron chi connectivity index (χ4n) is 1.89. The second-order valence-corrected chi connectivity index (χ2v) is 4.16. The van der Waals surface area contributed by atoms with Gasteiger partial charge in [-0.05, 0) is 36.1 Å². The average molecular weight is 227 g/mol. The van der Waals surface area contributed by atoms with Crippen LogP contribution in [0.4, 0.5) is 5.69 Å². The van der Waals surface area contributed by atoms with Crippen molar-refractivity contribution in [1.29, 1.82) is 0 Å². The smallest absolute Gasteiger partial charge is 0.121 e. The van der Waals surface area contributed by atoms with Gasteiger partial charge in [-0.3, -0.25) is 0 Å². The molecule has 0 aliphatic heterocycles. The van der Waals surface area contributed by atoms with Crippen LogP contribution in [0.25, 0.3) is 0 Å². The maximum Gasteiger partial charge on any atom is 0.121 e. The molecule has 0 aliphatic carbocycles. The van der Waals surface area contributed by atoms with Crippen molar-refractivity contribution < 1.29 is 4.74 Å². The van der Waals surface area contributed by atoms with Crippen LogP contribution in [0.15, 0.2) is 42.5 Å². The van der Waals surface area contributed by atoms with Crippen LogP contribution in [-0.2, 0) is 6.42 Å². The predicted molar refractivity (Wildman–Crippen MR) is 71.4 cm³/mol. The van der Waals surface area contributed by atoms with Gasteiger partial charge in [0, 0.05) is 11.8 Å². The van der Waals surface area contributed by atoms with E-state index in [2.05, 4.69) is 18.2 Å². The van der Waals surface area contributed by atoms with Crippen LogP contribution >= 0.6 is 0 Å². The van der Waals surface area contributed by atoms with Gasteiger partial charge in [0.1, 0.15) is 5.75 Å². The Labute approximate surface area is 102 Å². The summed E-state index contributed by atoms with van der Waals surface area (Å²) in [6, 6.07) is 14.3. The van der Waals surface area contributed by atoms with E-state index < -0.39 is 0 Å². The molecule has 2 aromatic carbocycles. The van der Waals surface area contributed by atoms with Crippen molar-refractivity contribution in [2.75, 3.05) is 12.8 Å². The summed E-state index contributed by atoms with van der Waals surface area (Å²) in [5.74, 6) is 0.819. The molecule has 2 rings (SSSR count). The van der Waals surface area contributed by atoms with E-state index in [1.54, 1.807) is 7.11 Å². The van der Waals surface area contributed by atoms with Crippen LogP contribution in [-0.4, -0.2) is 7.11 Å². The highest BCUT2D eigenvalue weighted by Gasteiger charge is 2.06. The highest BCUT2D eigenvalue weighted by atomic mass is 16.5. The Hall–Kier alpha value is -1.96. The largest absolute Gasteiger partial charge is 0.497 e. The van der Waals surface area contributed by atoms with Crippen molar-refractivity contribution in [3.8, 4) is 5.75 Å². The molecule has 0 saturated heterocycles. The fraction of sp³-hybridized carbons (Fsp3) is 0.200. The summed E-state index contributed by atoms with van der Waals surface area (Å²) in [4.78, 5) is 0. The summed E-state index contributed by atoms with van der Waals surface area (Å²) < 4.78 is 5.25. The Morgan fingerprint density at radius 2 is 1.82 bits per heavy atom. The Balaban J connectivity index is 2.35. The second kappa shape index (κ2) is 4.91. The van der Waals surface area contributed by atoms with Crippen LogP contribution in [0, 0.1) is 6.92 Å². The first-order chi connectivity index (χ1) is 8.20. The van der Waals surface area contributed by atoms with Gasteiger partial charge >= 0.3 is 0 Å². The van der Waals surface area contributed by atoms with Crippen molar-refractivity contribution >= 4 is 5.69 Å². The van der Waals surface area contributed by atoms with Gasteiger partial charge < -0.3 is 10.5 Å². The molecule has 0 aromatic heterocycles. The number of nitrogen functional groups attached to an aromatic ring is 1. The normalized spacial score (nSPS) is 10.2. The van der Waals surface area contributed by atoms with Gasteiger partial charge in [-0.25, -0.2) is 0 Å². The average Bonchev–Trinajstić information content (AvgIpc) is 2.36. The van der Waals surface area contributed by atoms with Gasteiger partial charge in [0.2, 0.25) is 0 Å². The molecule has 2 heteroatoms. The van der Waals surface area contributed by atoms with Crippen LogP contribution < -0.4 is 10.5 Å². The summed E-state index contributed by atoms with van der Waals surface area (Å²) in [5.41, 5.74) is 10.4. The molecule has 0 amide bonds. The maximum atomic E-state index is 5.97. The Kier molecular flexibility index (Phi) is 3.33. The van der Waals surface area contributed by atoms with Gasteiger partial charge in [-0.2, -0.15) is 0 Å². The molecule has 0 fully saturated rings. The number of rotatable bonds is 3. The van der Waals surface area contributed by atoms with E-state index >= 15 is 0 Å². The third-order valence-corrected chi connectivity index (χ3v) is 3.00. The molecule has 0 bridgehead atoms. The Bertz CT molecular complexity index is 506. The lowest BCUT2D eigenvalue weighted by Gasteiger charge is -2.11. The lowest BCUT2D eigenvalue weighted by Crippen LogP contribution is -1.98. The van der Waals surface area contributed by atoms with Crippen molar-refractivity contribution in [1.82, 2.24) is 0 Å². The molecule has 0 unspecified atom stereocenters. The van der Waals surface area contributed by atoms with Gasteiger partial charge in [0.05, 0.1) is 7.11 Å². The molecule has 0 spiro atoms. The van der Waals surface area contributed by atoms with Gasteiger partial charge in [-0.1, -0.05) is 30.3 Å². The lowest BCUT2D eigenvalue weighted by molar-refractivity contribution is 0.414. The zero-order valence-electron chi connectivity index (χ0n) is 10.2. The zero-order valence-corrected chi connectivity index (χ0v) is 10.2. The summed E-state index contributed by atoms with van der Waals surface area (Å²) in [5, 5.41) is 0. The Morgan fingerprint density at radius 3 is 2.47 bits per heavy atom. The number of ether oxygens (including phenoxy) is 1. The molecule has 0 heterocycles. The molecule has 0 atom stereocenters. The molecule has 0 radical (unpaired) electrons. The van der Waals surface area contributed by atoms with Crippen LogP contribution in [0.1, 0.15) is 16.7 Å². The van der Waals surface area contributed by atoms with Crippen molar-refractivity contribution in [3.05, 3.63) is 59.2 Å². The molecular formula is C15H17NO. The minimum Gasteiger partial charge on any atom is -0.497 e. The standard InChI is InChI=1S/C15H17NO/c1-11-13(8-12-6-4-3-5-7-12)9-14(17-2)10-15(11)16/h3-7,9-10H,8,16H2,1-2H3. The highest BCUT2D eigenvalue weighted by Crippen LogP contribution is 2.25. The number of methoxy groups -OCH3 is 1. The first-order valence-electron chi connectivity index (χ1n) is 5.67. The van der Waals surface area contributed by atoms with E-state index in [0.29, 0.717) is 0 Å². The van der Waals surface area contributed by atoms with Gasteiger partial charge in [0.15, 0.2) is 0 Å². The van der Waals surface area contributed by atoms with E-state index in [9.17, 15) is 0 Å².